The quantitative estimate of drug-likeness (QED) is 0.647. The predicted molar refractivity (Wildman–Crippen MR) is 111 cm³/mol. The average molecular weight is 434 g/mol. The lowest BCUT2D eigenvalue weighted by Crippen LogP contribution is -2.23. The zero-order chi connectivity index (χ0) is 20.4. The van der Waals surface area contributed by atoms with Crippen molar-refractivity contribution in [3.8, 4) is 17.0 Å². The maximum Gasteiger partial charge on any atom is 0.277 e. The molecule has 1 aliphatic rings. The number of aromatic nitrogens is 3. The van der Waals surface area contributed by atoms with Gasteiger partial charge in [-0.1, -0.05) is 11.6 Å². The van der Waals surface area contributed by atoms with Crippen LogP contribution in [0.4, 0.5) is 15.5 Å². The van der Waals surface area contributed by atoms with Gasteiger partial charge in [-0.15, -0.1) is 11.3 Å². The van der Waals surface area contributed by atoms with Gasteiger partial charge in [0.1, 0.15) is 0 Å². The Morgan fingerprint density at radius 1 is 1.31 bits per heavy atom. The number of benzene rings is 1. The smallest absolute Gasteiger partial charge is 0.277 e. The van der Waals surface area contributed by atoms with Gasteiger partial charge in [0.05, 0.1) is 24.0 Å². The molecule has 1 fully saturated rings. The third kappa shape index (κ3) is 4.15. The van der Waals surface area contributed by atoms with Crippen LogP contribution in [0.1, 0.15) is 23.3 Å². The number of thiazole rings is 1. The summed E-state index contributed by atoms with van der Waals surface area (Å²) < 4.78 is 18.9. The van der Waals surface area contributed by atoms with E-state index in [4.69, 9.17) is 16.3 Å². The highest BCUT2D eigenvalue weighted by molar-refractivity contribution is 7.14. The van der Waals surface area contributed by atoms with Crippen LogP contribution in [0.3, 0.4) is 0 Å². The van der Waals surface area contributed by atoms with Gasteiger partial charge in [0.2, 0.25) is 5.95 Å². The van der Waals surface area contributed by atoms with Crippen molar-refractivity contribution in [1.29, 1.82) is 0 Å². The van der Waals surface area contributed by atoms with E-state index in [0.717, 1.165) is 25.9 Å². The summed E-state index contributed by atoms with van der Waals surface area (Å²) in [5.74, 6) is -0.305. The molecule has 1 aromatic carbocycles. The lowest BCUT2D eigenvalue weighted by Gasteiger charge is -2.15. The Kier molecular flexibility index (Phi) is 5.59. The summed E-state index contributed by atoms with van der Waals surface area (Å²) in [7, 11) is 1.40. The van der Waals surface area contributed by atoms with Crippen molar-refractivity contribution in [2.45, 2.75) is 12.8 Å². The van der Waals surface area contributed by atoms with E-state index in [2.05, 4.69) is 20.3 Å². The van der Waals surface area contributed by atoms with Crippen LogP contribution in [0.5, 0.6) is 5.75 Å². The minimum absolute atomic E-state index is 0.0933. The van der Waals surface area contributed by atoms with Crippen molar-refractivity contribution in [1.82, 2.24) is 15.0 Å². The van der Waals surface area contributed by atoms with Gasteiger partial charge in [-0.25, -0.2) is 19.3 Å². The van der Waals surface area contributed by atoms with E-state index in [1.165, 1.54) is 36.8 Å². The Balaban J connectivity index is 1.52. The number of carbonyl (C=O) groups excluding carboxylic acids is 1. The summed E-state index contributed by atoms with van der Waals surface area (Å²) in [5, 5.41) is 4.96. The Morgan fingerprint density at radius 2 is 2.10 bits per heavy atom. The van der Waals surface area contributed by atoms with Crippen LogP contribution in [-0.2, 0) is 0 Å². The van der Waals surface area contributed by atoms with E-state index in [9.17, 15) is 9.18 Å². The lowest BCUT2D eigenvalue weighted by atomic mass is 10.1. The van der Waals surface area contributed by atoms with Crippen molar-refractivity contribution in [2.24, 2.45) is 0 Å². The zero-order valence-electron chi connectivity index (χ0n) is 15.5. The molecule has 0 radical (unpaired) electrons. The molecule has 0 aliphatic carbocycles. The molecule has 7 nitrogen and oxygen atoms in total. The second kappa shape index (κ2) is 8.30. The molecule has 0 saturated carbocycles. The summed E-state index contributed by atoms with van der Waals surface area (Å²) in [6, 6.07) is 4.57. The summed E-state index contributed by atoms with van der Waals surface area (Å²) in [5.41, 5.74) is 1.21. The number of nitrogens with zero attached hydrogens (tertiary/aromatic N) is 4. The molecule has 1 N–H and O–H groups in total. The SMILES string of the molecule is COc1ccc(-c2csc(NC(=O)c3nc(N4CCCC4)ncc3Cl)n2)cc1F. The first-order valence-corrected chi connectivity index (χ1v) is 10.2. The standard InChI is InChI=1S/C19H17ClFN5O2S/c1-28-15-5-4-11(8-13(15)21)14-10-29-19(23-14)25-17(27)16-12(20)9-22-18(24-16)26-6-2-3-7-26/h4-5,8-10H,2-3,6-7H2,1H3,(H,23,25,27). The fourth-order valence-corrected chi connectivity index (χ4v) is 3.92. The van der Waals surface area contributed by atoms with Crippen molar-refractivity contribution in [3.05, 3.63) is 46.3 Å². The van der Waals surface area contributed by atoms with Gasteiger partial charge >= 0.3 is 0 Å². The largest absolute Gasteiger partial charge is 0.494 e. The normalized spacial score (nSPS) is 13.6. The Labute approximate surface area is 175 Å². The Hall–Kier alpha value is -2.78. The number of anilines is 2. The first-order valence-electron chi connectivity index (χ1n) is 8.93. The van der Waals surface area contributed by atoms with Crippen LogP contribution in [0.2, 0.25) is 5.02 Å². The number of carbonyl (C=O) groups is 1. The lowest BCUT2D eigenvalue weighted by molar-refractivity contribution is 0.102. The molecule has 0 bridgehead atoms. The van der Waals surface area contributed by atoms with Crippen molar-refractivity contribution in [2.75, 3.05) is 30.4 Å². The van der Waals surface area contributed by atoms with Crippen LogP contribution in [-0.4, -0.2) is 41.1 Å². The molecule has 1 saturated heterocycles. The second-order valence-corrected chi connectivity index (χ2v) is 7.67. The van der Waals surface area contributed by atoms with E-state index in [-0.39, 0.29) is 16.5 Å². The maximum absolute atomic E-state index is 13.9. The summed E-state index contributed by atoms with van der Waals surface area (Å²) in [4.78, 5) is 27.6. The molecule has 1 aliphatic heterocycles. The number of hydrogen-bond donors (Lipinski definition) is 1. The highest BCUT2D eigenvalue weighted by atomic mass is 35.5. The number of ether oxygens (including phenoxy) is 1. The van der Waals surface area contributed by atoms with Crippen molar-refractivity contribution in [3.63, 3.8) is 0 Å². The molecule has 0 unspecified atom stereocenters. The molecule has 4 rings (SSSR count). The Morgan fingerprint density at radius 3 is 2.83 bits per heavy atom. The minimum atomic E-state index is -0.481. The number of nitrogens with one attached hydrogen (secondary N) is 1. The fraction of sp³-hybridized carbons (Fsp3) is 0.263. The van der Waals surface area contributed by atoms with Gasteiger partial charge in [0, 0.05) is 24.0 Å². The summed E-state index contributed by atoms with van der Waals surface area (Å²) in [6.07, 6.45) is 3.58. The molecule has 0 spiro atoms. The van der Waals surface area contributed by atoms with Crippen LogP contribution < -0.4 is 15.0 Å². The summed E-state index contributed by atoms with van der Waals surface area (Å²) >= 11 is 7.36. The highest BCUT2D eigenvalue weighted by Gasteiger charge is 2.20. The van der Waals surface area contributed by atoms with Crippen LogP contribution in [0, 0.1) is 5.82 Å². The predicted octanol–water partition coefficient (Wildman–Crippen LogP) is 4.25. The van der Waals surface area contributed by atoms with E-state index < -0.39 is 11.7 Å². The molecule has 3 aromatic rings. The molecular formula is C19H17ClFN5O2S. The van der Waals surface area contributed by atoms with Gasteiger partial charge in [0.15, 0.2) is 22.4 Å². The molecule has 3 heterocycles. The van der Waals surface area contributed by atoms with Gasteiger partial charge in [-0.2, -0.15) is 0 Å². The minimum Gasteiger partial charge on any atom is -0.494 e. The third-order valence-corrected chi connectivity index (χ3v) is 5.54. The van der Waals surface area contributed by atoms with Crippen molar-refractivity contribution >= 4 is 39.9 Å². The monoisotopic (exact) mass is 433 g/mol. The molecule has 29 heavy (non-hydrogen) atoms. The first-order chi connectivity index (χ1) is 14.0. The fourth-order valence-electron chi connectivity index (χ4n) is 3.03. The van der Waals surface area contributed by atoms with Gasteiger partial charge in [-0.05, 0) is 31.0 Å². The van der Waals surface area contributed by atoms with Gasteiger partial charge in [-0.3, -0.25) is 10.1 Å². The second-order valence-electron chi connectivity index (χ2n) is 6.40. The molecule has 10 heteroatoms. The van der Waals surface area contributed by atoms with E-state index in [1.54, 1.807) is 11.4 Å². The Bertz CT molecular complexity index is 1050. The number of methoxy groups -OCH3 is 1. The van der Waals surface area contributed by atoms with Gasteiger partial charge < -0.3 is 9.64 Å². The van der Waals surface area contributed by atoms with E-state index in [0.29, 0.717) is 22.3 Å². The van der Waals surface area contributed by atoms with Crippen LogP contribution >= 0.6 is 22.9 Å². The molecule has 150 valence electrons. The van der Waals surface area contributed by atoms with E-state index >= 15 is 0 Å². The van der Waals surface area contributed by atoms with Crippen LogP contribution in [0.25, 0.3) is 11.3 Å². The van der Waals surface area contributed by atoms with Crippen LogP contribution in [0.15, 0.2) is 29.8 Å². The topological polar surface area (TPSA) is 80.2 Å². The number of amides is 1. The number of hydrogen-bond acceptors (Lipinski definition) is 7. The van der Waals surface area contributed by atoms with Gasteiger partial charge in [0.25, 0.3) is 5.91 Å². The molecular weight excluding hydrogens is 417 g/mol. The summed E-state index contributed by atoms with van der Waals surface area (Å²) in [6.45, 7) is 1.72. The zero-order valence-corrected chi connectivity index (χ0v) is 17.1. The van der Waals surface area contributed by atoms with E-state index in [1.807, 2.05) is 4.90 Å². The average Bonchev–Trinajstić information content (AvgIpc) is 3.40. The third-order valence-electron chi connectivity index (χ3n) is 4.51. The molecule has 1 amide bonds. The highest BCUT2D eigenvalue weighted by Crippen LogP contribution is 2.29. The molecule has 2 aromatic heterocycles. The first kappa shape index (κ1) is 19.5. The maximum atomic E-state index is 13.9. The van der Waals surface area contributed by atoms with Crippen molar-refractivity contribution < 1.29 is 13.9 Å². The molecule has 0 atom stereocenters. The number of halogens is 2. The number of rotatable bonds is 5.